The Hall–Kier alpha value is -19.4. The number of nitrogens with zero attached hydrogens (tertiary/aromatic N) is 11. The van der Waals surface area contributed by atoms with Crippen LogP contribution in [0, 0.1) is 0 Å². The minimum Gasteiger partial charge on any atom is -0.292 e. The Bertz CT molecular complexity index is 10700. The molecule has 664 valence electrons. The molecule has 0 bridgehead atoms. The fraction of sp³-hybridized carbons (Fsp3) is 0. The van der Waals surface area contributed by atoms with E-state index < -0.39 is 18.1 Å². The minimum absolute atomic E-state index is 0.0499. The number of hydrogen-bond donors (Lipinski definition) is 0. The van der Waals surface area contributed by atoms with Gasteiger partial charge >= 0.3 is 0 Å². The zero-order chi connectivity index (χ0) is 98.5. The molecule has 0 unspecified atom stereocenters. The first-order chi connectivity index (χ1) is 72.9. The van der Waals surface area contributed by atoms with E-state index in [0.29, 0.717) is 17.0 Å². The average molecular weight is 1830 g/mol. The van der Waals surface area contributed by atoms with E-state index in [4.69, 9.17) is 46.7 Å². The van der Waals surface area contributed by atoms with Gasteiger partial charge in [0.15, 0.2) is 16.9 Å². The van der Waals surface area contributed by atoms with Crippen molar-refractivity contribution in [3.8, 4) is 95.5 Å². The standard InChI is InChI=1S/C54H33N3.2C39H24N4/c1-3-13-36-27-38(23-21-34(36)11-1)42-29-43(39-24-22-35-12-2-4-14-37(35)28-39)31-44(30-42)57-52-20-10-9-19-48(52)53-54(57)56-50-26-25-41(33-51(50)55-53)49-32-40-15-5-6-16-45(40)46-17-7-8-18-47(46)49;2*1-2-11-25(12-3-1)33-18-10-20-37(40-33)43-36-19-9-8-17-31(36)38-39(43)42-34-22-21-27(24-35(34)41-38)32-23-26-13-4-5-14-28(26)29-15-6-7-16-30(29)32/h1-33H;2*1-24H/i;1D,2D,3D,11D,12D;. The highest BCUT2D eigenvalue weighted by molar-refractivity contribution is 6.19. The second-order valence-electron chi connectivity index (χ2n) is 36.4. The van der Waals surface area contributed by atoms with Crippen molar-refractivity contribution in [3.63, 3.8) is 0 Å². The highest BCUT2D eigenvalue weighted by Crippen LogP contribution is 2.45. The minimum atomic E-state index is -0.439. The summed E-state index contributed by atoms with van der Waals surface area (Å²) in [6.07, 6.45) is 0. The molecule has 22 aromatic carbocycles. The Morgan fingerprint density at radius 1 is 0.168 bits per heavy atom. The lowest BCUT2D eigenvalue weighted by atomic mass is 9.93. The van der Waals surface area contributed by atoms with Gasteiger partial charge in [-0.3, -0.25) is 13.7 Å². The molecule has 0 fully saturated rings. The number of para-hydroxylation sites is 3. The van der Waals surface area contributed by atoms with Gasteiger partial charge in [-0.25, -0.2) is 39.9 Å². The van der Waals surface area contributed by atoms with Crippen molar-refractivity contribution < 1.29 is 6.85 Å². The first-order valence-corrected chi connectivity index (χ1v) is 48.0. The zero-order valence-corrected chi connectivity index (χ0v) is 76.8. The number of fused-ring (bicyclic) bond motifs is 23. The van der Waals surface area contributed by atoms with Crippen molar-refractivity contribution in [2.75, 3.05) is 0 Å². The summed E-state index contributed by atoms with van der Waals surface area (Å²) in [6, 6.07) is 160. The van der Waals surface area contributed by atoms with Gasteiger partial charge in [-0.15, -0.1) is 0 Å². The molecule has 0 saturated heterocycles. The largest absolute Gasteiger partial charge is 0.292 e. The van der Waals surface area contributed by atoms with Gasteiger partial charge < -0.3 is 0 Å². The van der Waals surface area contributed by atoms with Crippen molar-refractivity contribution in [2.45, 2.75) is 0 Å². The Balaban J connectivity index is 0.000000108. The maximum atomic E-state index is 8.49. The molecule has 0 aliphatic rings. The molecule has 8 aromatic heterocycles. The van der Waals surface area contributed by atoms with E-state index in [1.807, 2.05) is 71.3 Å². The predicted molar refractivity (Wildman–Crippen MR) is 595 cm³/mol. The molecule has 8 heterocycles. The van der Waals surface area contributed by atoms with Gasteiger partial charge in [-0.05, 0) is 269 Å². The molecule has 0 spiro atoms. The quantitative estimate of drug-likeness (QED) is 0.124. The molecule has 0 aliphatic heterocycles. The molecule has 143 heavy (non-hydrogen) atoms. The molecule has 0 aliphatic carbocycles. The van der Waals surface area contributed by atoms with Crippen LogP contribution in [0.3, 0.4) is 0 Å². The summed E-state index contributed by atoms with van der Waals surface area (Å²) in [7, 11) is 0. The number of rotatable bonds is 10. The summed E-state index contributed by atoms with van der Waals surface area (Å²) in [4.78, 5) is 41.5. The third-order valence-corrected chi connectivity index (χ3v) is 28.1. The maximum absolute atomic E-state index is 8.49. The van der Waals surface area contributed by atoms with E-state index in [1.54, 1.807) is 12.1 Å². The third-order valence-electron chi connectivity index (χ3n) is 28.1. The second kappa shape index (κ2) is 33.8. The Morgan fingerprint density at radius 2 is 0.490 bits per heavy atom. The monoisotopic (exact) mass is 1820 g/mol. The lowest BCUT2D eigenvalue weighted by Crippen LogP contribution is -2.00. The van der Waals surface area contributed by atoms with Crippen LogP contribution in [0.25, 0.3) is 281 Å². The first-order valence-electron chi connectivity index (χ1n) is 50.5. The first kappa shape index (κ1) is 76.8. The molecule has 30 aromatic rings. The van der Waals surface area contributed by atoms with Crippen LogP contribution in [-0.4, -0.2) is 53.6 Å². The van der Waals surface area contributed by atoms with Crippen LogP contribution in [0.1, 0.15) is 6.85 Å². The van der Waals surface area contributed by atoms with Crippen LogP contribution in [0.2, 0.25) is 0 Å². The summed E-state index contributed by atoms with van der Waals surface area (Å²) in [5, 5.41) is 22.7. The van der Waals surface area contributed by atoms with Crippen LogP contribution in [-0.2, 0) is 0 Å². The SMILES string of the molecule is [2H]c1c([2H])c([2H])c(-c2cccc(-n3c4ccccc4c4nc5cc(-c6cc7ccccc7c7ccccc67)ccc5nc43)n2)c([2H])c1[2H].c1ccc(-c2cccc(-n3c4ccccc4c4nc5cc(-c6cc7ccccc7c7ccccc67)ccc5nc43)n2)cc1.c1ccc2cc(-c3cc(-c4ccc5ccccc5c4)cc(-n4c5ccccc5c5nc6cc(-c7cc8ccccc8c8ccccc78)ccc6nc54)c3)ccc2c1. The van der Waals surface area contributed by atoms with Crippen LogP contribution >= 0.6 is 0 Å². The van der Waals surface area contributed by atoms with E-state index in [0.717, 1.165) is 144 Å². The van der Waals surface area contributed by atoms with Gasteiger partial charge in [0.2, 0.25) is 0 Å². The number of hydrogen-bond acceptors (Lipinski definition) is 8. The highest BCUT2D eigenvalue weighted by Gasteiger charge is 2.25. The van der Waals surface area contributed by atoms with E-state index >= 15 is 0 Å². The number of pyridine rings is 2. The topological polar surface area (TPSA) is 118 Å². The molecular weight excluding hydrogens is 1740 g/mol. The normalized spacial score (nSPS) is 12.3. The Morgan fingerprint density at radius 3 is 0.895 bits per heavy atom. The molecule has 11 heteroatoms. The smallest absolute Gasteiger partial charge is 0.166 e. The summed E-state index contributed by atoms with van der Waals surface area (Å²) < 4.78 is 47.6. The predicted octanol–water partition coefficient (Wildman–Crippen LogP) is 33.9. The summed E-state index contributed by atoms with van der Waals surface area (Å²) in [5.74, 6) is 1.32. The molecule has 30 rings (SSSR count). The van der Waals surface area contributed by atoms with E-state index in [2.05, 4.69) is 391 Å². The van der Waals surface area contributed by atoms with Crippen molar-refractivity contribution >= 4 is 185 Å². The molecule has 0 saturated carbocycles. The van der Waals surface area contributed by atoms with Gasteiger partial charge in [0, 0.05) is 33.0 Å². The Labute approximate surface area is 827 Å². The van der Waals surface area contributed by atoms with Crippen molar-refractivity contribution in [2.24, 2.45) is 0 Å². The van der Waals surface area contributed by atoms with Crippen LogP contribution in [0.15, 0.2) is 491 Å². The van der Waals surface area contributed by atoms with Gasteiger partial charge in [0.05, 0.1) is 67.9 Å². The molecule has 0 atom stereocenters. The Kier molecular flexibility index (Phi) is 18.2. The number of aromatic nitrogens is 11. The molecule has 0 N–H and O–H groups in total. The molecule has 0 amide bonds. The lowest BCUT2D eigenvalue weighted by molar-refractivity contribution is 1.06. The van der Waals surface area contributed by atoms with E-state index in [9.17, 15) is 0 Å². The maximum Gasteiger partial charge on any atom is 0.166 e. The summed E-state index contributed by atoms with van der Waals surface area (Å²) in [6.45, 7) is 0. The number of benzene rings is 22. The van der Waals surface area contributed by atoms with E-state index in [1.165, 1.54) is 108 Å². The van der Waals surface area contributed by atoms with Crippen LogP contribution in [0.5, 0.6) is 0 Å². The van der Waals surface area contributed by atoms with Crippen molar-refractivity contribution in [1.29, 1.82) is 0 Å². The molecule has 11 nitrogen and oxygen atoms in total. The zero-order valence-electron chi connectivity index (χ0n) is 81.8. The lowest BCUT2D eigenvalue weighted by Gasteiger charge is -2.15. The van der Waals surface area contributed by atoms with Crippen LogP contribution in [0.4, 0.5) is 0 Å². The van der Waals surface area contributed by atoms with E-state index in [-0.39, 0.29) is 23.3 Å². The van der Waals surface area contributed by atoms with Gasteiger partial charge in [-0.1, -0.05) is 364 Å². The fourth-order valence-corrected chi connectivity index (χ4v) is 21.4. The van der Waals surface area contributed by atoms with Crippen molar-refractivity contribution in [1.82, 2.24) is 53.6 Å². The summed E-state index contributed by atoms with van der Waals surface area (Å²) >= 11 is 0. The van der Waals surface area contributed by atoms with Gasteiger partial charge in [0.25, 0.3) is 0 Å². The van der Waals surface area contributed by atoms with Gasteiger partial charge in [0.1, 0.15) is 28.2 Å². The molecule has 0 radical (unpaired) electrons. The van der Waals surface area contributed by atoms with Crippen LogP contribution < -0.4 is 0 Å². The fourth-order valence-electron chi connectivity index (χ4n) is 21.4. The highest BCUT2D eigenvalue weighted by atomic mass is 15.1. The second-order valence-corrected chi connectivity index (χ2v) is 36.4. The average Bonchev–Trinajstić information content (AvgIpc) is 1.57. The van der Waals surface area contributed by atoms with Gasteiger partial charge in [-0.2, -0.15) is 0 Å². The summed E-state index contributed by atoms with van der Waals surface area (Å²) in [5.41, 5.74) is 27.5. The third kappa shape index (κ3) is 14.2. The van der Waals surface area contributed by atoms with Crippen molar-refractivity contribution in [3.05, 3.63) is 491 Å². The molecular formula is C132H81N11.